The summed E-state index contributed by atoms with van der Waals surface area (Å²) in [5.74, 6) is -1.23. The van der Waals surface area contributed by atoms with E-state index in [1.54, 1.807) is 18.2 Å². The van der Waals surface area contributed by atoms with Crippen LogP contribution in [0.2, 0.25) is 0 Å². The predicted octanol–water partition coefficient (Wildman–Crippen LogP) is -0.330. The summed E-state index contributed by atoms with van der Waals surface area (Å²) in [4.78, 5) is 25.6. The van der Waals surface area contributed by atoms with E-state index in [2.05, 4.69) is 9.57 Å². The van der Waals surface area contributed by atoms with Gasteiger partial charge in [0.25, 0.3) is 15.9 Å². The minimum absolute atomic E-state index is 0.0406. The molecule has 1 atom stereocenters. The van der Waals surface area contributed by atoms with E-state index in [1.165, 1.54) is 19.2 Å². The molecule has 0 aromatic heterocycles. The number of esters is 1. The van der Waals surface area contributed by atoms with Crippen LogP contribution >= 0.6 is 0 Å². The molecular weight excluding hydrogens is 312 g/mol. The minimum Gasteiger partial charge on any atom is -0.469 e. The van der Waals surface area contributed by atoms with Gasteiger partial charge in [-0.15, -0.1) is 4.83 Å². The molecule has 0 saturated carbocycles. The molecule has 1 amide bonds. The Labute approximate surface area is 128 Å². The lowest BCUT2D eigenvalue weighted by atomic mass is 10.2. The Morgan fingerprint density at radius 3 is 2.73 bits per heavy atom. The standard InChI is InChI=1S/C13H16N2O6S/c1-20-12(16)9-11-13(17)15(7-8-21-11)14-22(18,19)10-5-3-2-4-6-10/h2-6,11,14H,7-9H2,1H3/t11-/m1/s1. The van der Waals surface area contributed by atoms with Crippen LogP contribution in [0.25, 0.3) is 0 Å². The van der Waals surface area contributed by atoms with Gasteiger partial charge in [0.1, 0.15) is 6.10 Å². The van der Waals surface area contributed by atoms with Crippen molar-refractivity contribution in [2.24, 2.45) is 0 Å². The van der Waals surface area contributed by atoms with E-state index in [0.717, 1.165) is 5.01 Å². The van der Waals surface area contributed by atoms with E-state index in [1.807, 2.05) is 0 Å². The summed E-state index contributed by atoms with van der Waals surface area (Å²) < 4.78 is 34.1. The van der Waals surface area contributed by atoms with E-state index in [0.29, 0.717) is 0 Å². The Kier molecular flexibility index (Phi) is 5.11. The fourth-order valence-corrected chi connectivity index (χ4v) is 3.00. The quantitative estimate of drug-likeness (QED) is 0.743. The van der Waals surface area contributed by atoms with Gasteiger partial charge in [-0.2, -0.15) is 0 Å². The molecule has 1 heterocycles. The summed E-state index contributed by atoms with van der Waals surface area (Å²) in [5.41, 5.74) is 0. The molecule has 0 radical (unpaired) electrons. The molecule has 1 saturated heterocycles. The topological polar surface area (TPSA) is 102 Å². The number of carbonyl (C=O) groups is 2. The second-order valence-electron chi connectivity index (χ2n) is 4.54. The highest BCUT2D eigenvalue weighted by molar-refractivity contribution is 7.89. The van der Waals surface area contributed by atoms with Crippen molar-refractivity contribution >= 4 is 21.9 Å². The third-order valence-electron chi connectivity index (χ3n) is 3.04. The SMILES string of the molecule is COC(=O)C[C@H]1OCCN(NS(=O)(=O)c2ccccc2)C1=O. The van der Waals surface area contributed by atoms with Crippen LogP contribution in [-0.4, -0.2) is 51.7 Å². The maximum absolute atomic E-state index is 12.2. The summed E-state index contributed by atoms with van der Waals surface area (Å²) in [5, 5.41) is 0.944. The first kappa shape index (κ1) is 16.4. The largest absolute Gasteiger partial charge is 0.469 e. The lowest BCUT2D eigenvalue weighted by molar-refractivity contribution is -0.162. The van der Waals surface area contributed by atoms with Crippen molar-refractivity contribution in [3.8, 4) is 0 Å². The number of rotatable bonds is 5. The van der Waals surface area contributed by atoms with Crippen LogP contribution in [0.5, 0.6) is 0 Å². The van der Waals surface area contributed by atoms with Gasteiger partial charge >= 0.3 is 5.97 Å². The molecule has 1 fully saturated rings. The van der Waals surface area contributed by atoms with Gasteiger partial charge in [0.15, 0.2) is 0 Å². The fourth-order valence-electron chi connectivity index (χ4n) is 1.91. The zero-order valence-electron chi connectivity index (χ0n) is 11.9. The predicted molar refractivity (Wildman–Crippen MR) is 74.8 cm³/mol. The van der Waals surface area contributed by atoms with Crippen molar-refractivity contribution in [1.82, 2.24) is 9.84 Å². The highest BCUT2D eigenvalue weighted by atomic mass is 32.2. The zero-order chi connectivity index (χ0) is 16.2. The van der Waals surface area contributed by atoms with Crippen molar-refractivity contribution < 1.29 is 27.5 Å². The fraction of sp³-hybridized carbons (Fsp3) is 0.385. The van der Waals surface area contributed by atoms with Gasteiger partial charge < -0.3 is 9.47 Å². The number of hydrazine groups is 1. The van der Waals surface area contributed by atoms with Gasteiger partial charge in [0, 0.05) is 0 Å². The smallest absolute Gasteiger partial charge is 0.308 e. The van der Waals surface area contributed by atoms with Gasteiger partial charge in [-0.3, -0.25) is 14.6 Å². The summed E-state index contributed by atoms with van der Waals surface area (Å²) >= 11 is 0. The molecule has 1 aromatic carbocycles. The van der Waals surface area contributed by atoms with Crippen molar-refractivity contribution in [1.29, 1.82) is 0 Å². The Balaban J connectivity index is 2.09. The van der Waals surface area contributed by atoms with Crippen LogP contribution in [0.1, 0.15) is 6.42 Å². The Bertz CT molecular complexity index is 646. The maximum Gasteiger partial charge on any atom is 0.308 e. The van der Waals surface area contributed by atoms with Crippen molar-refractivity contribution in [2.45, 2.75) is 17.4 Å². The Hall–Kier alpha value is -1.97. The van der Waals surface area contributed by atoms with E-state index < -0.39 is 28.0 Å². The Morgan fingerprint density at radius 2 is 2.09 bits per heavy atom. The first-order chi connectivity index (χ1) is 10.4. The summed E-state index contributed by atoms with van der Waals surface area (Å²) in [6.07, 6.45) is -1.32. The molecule has 120 valence electrons. The van der Waals surface area contributed by atoms with Crippen molar-refractivity contribution in [3.63, 3.8) is 0 Å². The number of morpholine rings is 1. The van der Waals surface area contributed by atoms with E-state index >= 15 is 0 Å². The molecule has 22 heavy (non-hydrogen) atoms. The number of nitrogens with one attached hydrogen (secondary N) is 1. The van der Waals surface area contributed by atoms with Crippen LogP contribution in [0, 0.1) is 0 Å². The number of hydrogen-bond donors (Lipinski definition) is 1. The van der Waals surface area contributed by atoms with Crippen LogP contribution in [0.4, 0.5) is 0 Å². The molecule has 1 aliphatic rings. The lowest BCUT2D eigenvalue weighted by Crippen LogP contribution is -2.55. The summed E-state index contributed by atoms with van der Waals surface area (Å²) in [6.45, 7) is 0.174. The van der Waals surface area contributed by atoms with Gasteiger partial charge in [-0.05, 0) is 12.1 Å². The maximum atomic E-state index is 12.2. The molecule has 9 heteroatoms. The number of nitrogens with zero attached hydrogens (tertiary/aromatic N) is 1. The molecule has 0 unspecified atom stereocenters. The normalized spacial score (nSPS) is 19.0. The van der Waals surface area contributed by atoms with Gasteiger partial charge in [0.05, 0.1) is 31.6 Å². The van der Waals surface area contributed by atoms with Crippen molar-refractivity contribution in [3.05, 3.63) is 30.3 Å². The molecule has 1 aromatic rings. The zero-order valence-corrected chi connectivity index (χ0v) is 12.7. The summed E-state index contributed by atoms with van der Waals surface area (Å²) in [7, 11) is -2.67. The highest BCUT2D eigenvalue weighted by Crippen LogP contribution is 2.13. The minimum atomic E-state index is -3.87. The Morgan fingerprint density at radius 1 is 1.41 bits per heavy atom. The third-order valence-corrected chi connectivity index (χ3v) is 4.39. The second kappa shape index (κ2) is 6.86. The average molecular weight is 328 g/mol. The number of carbonyl (C=O) groups excluding carboxylic acids is 2. The number of benzene rings is 1. The van der Waals surface area contributed by atoms with Gasteiger partial charge in [-0.1, -0.05) is 18.2 Å². The average Bonchev–Trinajstić information content (AvgIpc) is 2.52. The van der Waals surface area contributed by atoms with Gasteiger partial charge in [-0.25, -0.2) is 8.42 Å². The molecule has 0 spiro atoms. The summed E-state index contributed by atoms with van der Waals surface area (Å²) in [6, 6.07) is 7.68. The molecule has 8 nitrogen and oxygen atoms in total. The number of amides is 1. The molecule has 0 aliphatic carbocycles. The molecular formula is C13H16N2O6S. The highest BCUT2D eigenvalue weighted by Gasteiger charge is 2.34. The third kappa shape index (κ3) is 3.81. The lowest BCUT2D eigenvalue weighted by Gasteiger charge is -2.31. The van der Waals surface area contributed by atoms with E-state index in [-0.39, 0.29) is 24.5 Å². The van der Waals surface area contributed by atoms with Gasteiger partial charge in [0.2, 0.25) is 0 Å². The number of ether oxygens (including phenoxy) is 2. The first-order valence-corrected chi connectivity index (χ1v) is 7.99. The van der Waals surface area contributed by atoms with Crippen molar-refractivity contribution in [2.75, 3.05) is 20.3 Å². The molecule has 2 rings (SSSR count). The van der Waals surface area contributed by atoms with Crippen LogP contribution < -0.4 is 4.83 Å². The van der Waals surface area contributed by atoms with E-state index in [9.17, 15) is 18.0 Å². The van der Waals surface area contributed by atoms with E-state index in [4.69, 9.17) is 4.74 Å². The van der Waals surface area contributed by atoms with Crippen LogP contribution in [0.3, 0.4) is 0 Å². The molecule has 0 bridgehead atoms. The number of sulfonamides is 1. The molecule has 1 N–H and O–H groups in total. The molecule has 1 aliphatic heterocycles. The van der Waals surface area contributed by atoms with Crippen LogP contribution in [0.15, 0.2) is 35.2 Å². The van der Waals surface area contributed by atoms with Crippen LogP contribution in [-0.2, 0) is 29.1 Å². The number of hydrogen-bond acceptors (Lipinski definition) is 6. The second-order valence-corrected chi connectivity index (χ2v) is 6.20. The monoisotopic (exact) mass is 328 g/mol. The first-order valence-electron chi connectivity index (χ1n) is 6.51. The number of methoxy groups -OCH3 is 1.